The Labute approximate surface area is 193 Å². The number of thioether (sulfide) groups is 1. The predicted molar refractivity (Wildman–Crippen MR) is 124 cm³/mol. The van der Waals surface area contributed by atoms with Gasteiger partial charge in [0.15, 0.2) is 17.1 Å². The van der Waals surface area contributed by atoms with E-state index in [0.29, 0.717) is 29.2 Å². The molecule has 31 heavy (non-hydrogen) atoms. The molecule has 0 saturated heterocycles. The van der Waals surface area contributed by atoms with Gasteiger partial charge in [0.05, 0.1) is 5.75 Å². The summed E-state index contributed by atoms with van der Waals surface area (Å²) in [7, 11) is 0. The quantitative estimate of drug-likeness (QED) is 0.376. The highest BCUT2D eigenvalue weighted by Crippen LogP contribution is 2.26. The van der Waals surface area contributed by atoms with Crippen LogP contribution in [0.25, 0.3) is 0 Å². The summed E-state index contributed by atoms with van der Waals surface area (Å²) in [6.07, 6.45) is -0.387. The zero-order valence-electron chi connectivity index (χ0n) is 17.5. The lowest BCUT2D eigenvalue weighted by Crippen LogP contribution is -2.17. The maximum Gasteiger partial charge on any atom is 0.234 e. The Morgan fingerprint density at radius 1 is 1.19 bits per heavy atom. The predicted octanol–water partition coefficient (Wildman–Crippen LogP) is 5.71. The second-order valence-corrected chi connectivity index (χ2v) is 9.26. The number of hydrogen-bond acceptors (Lipinski definition) is 5. The largest absolute Gasteiger partial charge is 0.483 e. The molecule has 0 aliphatic rings. The second-order valence-electron chi connectivity index (χ2n) is 7.41. The Bertz CT molecular complexity index is 1030. The van der Waals surface area contributed by atoms with Crippen LogP contribution in [0, 0.1) is 11.7 Å². The fourth-order valence-corrected chi connectivity index (χ4v) is 4.06. The van der Waals surface area contributed by atoms with Crippen LogP contribution >= 0.6 is 27.7 Å². The van der Waals surface area contributed by atoms with Gasteiger partial charge in [0.1, 0.15) is 11.6 Å². The number of aromatic nitrogens is 3. The van der Waals surface area contributed by atoms with Crippen LogP contribution in [0.3, 0.4) is 0 Å². The molecule has 0 radical (unpaired) electrons. The van der Waals surface area contributed by atoms with Crippen LogP contribution < -0.4 is 10.1 Å². The second kappa shape index (κ2) is 10.8. The molecular weight excluding hydrogens is 483 g/mol. The molecule has 1 atom stereocenters. The van der Waals surface area contributed by atoms with Gasteiger partial charge in [-0.2, -0.15) is 0 Å². The average Bonchev–Trinajstić information content (AvgIpc) is 3.10. The summed E-state index contributed by atoms with van der Waals surface area (Å²) in [6.45, 7) is 6.76. The molecule has 6 nitrogen and oxygen atoms in total. The van der Waals surface area contributed by atoms with Crippen molar-refractivity contribution in [2.24, 2.45) is 5.92 Å². The molecular formula is C22H24BrFN4O2S. The third-order valence-electron chi connectivity index (χ3n) is 4.22. The van der Waals surface area contributed by atoms with Crippen molar-refractivity contribution < 1.29 is 13.9 Å². The van der Waals surface area contributed by atoms with Gasteiger partial charge in [-0.3, -0.25) is 4.79 Å². The van der Waals surface area contributed by atoms with Crippen LogP contribution in [0.1, 0.15) is 32.7 Å². The fourth-order valence-electron chi connectivity index (χ4n) is 2.91. The minimum Gasteiger partial charge on any atom is -0.483 e. The molecule has 1 N–H and O–H groups in total. The molecule has 0 aliphatic heterocycles. The van der Waals surface area contributed by atoms with E-state index in [9.17, 15) is 9.18 Å². The molecule has 3 rings (SSSR count). The summed E-state index contributed by atoms with van der Waals surface area (Å²) in [6, 6.07) is 13.3. The molecule has 2 aromatic carbocycles. The zero-order valence-corrected chi connectivity index (χ0v) is 19.9. The lowest BCUT2D eigenvalue weighted by Gasteiger charge is -2.17. The molecule has 1 unspecified atom stereocenters. The summed E-state index contributed by atoms with van der Waals surface area (Å²) in [5.41, 5.74) is 0.727. The lowest BCUT2D eigenvalue weighted by molar-refractivity contribution is -0.113. The molecule has 9 heteroatoms. The number of ether oxygens (including phenoxy) is 1. The number of anilines is 1. The van der Waals surface area contributed by atoms with Gasteiger partial charge in [-0.05, 0) is 55.3 Å². The SMILES string of the molecule is CC(C)Cn1c(SCC(=O)Nc2cccc(Br)c2)nnc1C(C)Oc1ccc(F)cc1. The molecule has 164 valence electrons. The highest BCUT2D eigenvalue weighted by molar-refractivity contribution is 9.10. The zero-order chi connectivity index (χ0) is 22.4. The number of rotatable bonds is 9. The van der Waals surface area contributed by atoms with Gasteiger partial charge in [-0.25, -0.2) is 4.39 Å². The topological polar surface area (TPSA) is 69.0 Å². The van der Waals surface area contributed by atoms with Crippen molar-refractivity contribution in [3.63, 3.8) is 0 Å². The van der Waals surface area contributed by atoms with Crippen molar-refractivity contribution >= 4 is 39.3 Å². The van der Waals surface area contributed by atoms with Crippen LogP contribution in [0.4, 0.5) is 10.1 Å². The van der Waals surface area contributed by atoms with E-state index < -0.39 is 0 Å². The van der Waals surface area contributed by atoms with Crippen molar-refractivity contribution in [2.75, 3.05) is 11.1 Å². The Kier molecular flexibility index (Phi) is 8.09. The van der Waals surface area contributed by atoms with E-state index in [0.717, 1.165) is 10.2 Å². The van der Waals surface area contributed by atoms with E-state index in [1.54, 1.807) is 12.1 Å². The van der Waals surface area contributed by atoms with Crippen molar-refractivity contribution in [3.8, 4) is 5.75 Å². The van der Waals surface area contributed by atoms with E-state index in [-0.39, 0.29) is 23.6 Å². The number of hydrogen-bond donors (Lipinski definition) is 1. The van der Waals surface area contributed by atoms with E-state index >= 15 is 0 Å². The number of nitrogens with one attached hydrogen (secondary N) is 1. The molecule has 0 fully saturated rings. The highest BCUT2D eigenvalue weighted by atomic mass is 79.9. The summed E-state index contributed by atoms with van der Waals surface area (Å²) in [5.74, 6) is 1.32. The first-order valence-electron chi connectivity index (χ1n) is 9.85. The smallest absolute Gasteiger partial charge is 0.234 e. The Hall–Kier alpha value is -2.39. The minimum atomic E-state index is -0.387. The van der Waals surface area contributed by atoms with Crippen molar-refractivity contribution in [1.82, 2.24) is 14.8 Å². The summed E-state index contributed by atoms with van der Waals surface area (Å²) < 4.78 is 21.9. The van der Waals surface area contributed by atoms with Crippen LogP contribution in [-0.4, -0.2) is 26.4 Å². The third kappa shape index (κ3) is 6.80. The Morgan fingerprint density at radius 2 is 1.94 bits per heavy atom. The number of carbonyl (C=O) groups is 1. The summed E-state index contributed by atoms with van der Waals surface area (Å²) >= 11 is 4.72. The Morgan fingerprint density at radius 3 is 2.61 bits per heavy atom. The van der Waals surface area contributed by atoms with E-state index in [1.165, 1.54) is 23.9 Å². The number of amides is 1. The van der Waals surface area contributed by atoms with Crippen LogP contribution in [-0.2, 0) is 11.3 Å². The van der Waals surface area contributed by atoms with Gasteiger partial charge in [-0.15, -0.1) is 10.2 Å². The molecule has 0 saturated carbocycles. The van der Waals surface area contributed by atoms with Crippen LogP contribution in [0.2, 0.25) is 0 Å². The lowest BCUT2D eigenvalue weighted by atomic mass is 10.2. The third-order valence-corrected chi connectivity index (χ3v) is 5.68. The number of carbonyl (C=O) groups excluding carboxylic acids is 1. The van der Waals surface area contributed by atoms with E-state index in [1.807, 2.05) is 35.8 Å². The minimum absolute atomic E-state index is 0.126. The molecule has 1 amide bonds. The van der Waals surface area contributed by atoms with Crippen LogP contribution in [0.15, 0.2) is 58.2 Å². The van der Waals surface area contributed by atoms with Gasteiger partial charge < -0.3 is 14.6 Å². The van der Waals surface area contributed by atoms with E-state index in [4.69, 9.17) is 4.74 Å². The number of benzene rings is 2. The van der Waals surface area contributed by atoms with Gasteiger partial charge in [0.25, 0.3) is 0 Å². The number of halogens is 2. The van der Waals surface area contributed by atoms with Gasteiger partial charge in [0.2, 0.25) is 5.91 Å². The standard InChI is InChI=1S/C22H24BrFN4O2S/c1-14(2)12-28-21(15(3)30-19-9-7-17(24)8-10-19)26-27-22(28)31-13-20(29)25-18-6-4-5-16(23)11-18/h4-11,14-15H,12-13H2,1-3H3,(H,25,29). The first-order chi connectivity index (χ1) is 14.8. The summed E-state index contributed by atoms with van der Waals surface area (Å²) in [5, 5.41) is 12.1. The van der Waals surface area contributed by atoms with E-state index in [2.05, 4.69) is 45.3 Å². The highest BCUT2D eigenvalue weighted by Gasteiger charge is 2.21. The van der Waals surface area contributed by atoms with Crippen molar-refractivity contribution in [3.05, 3.63) is 64.6 Å². The van der Waals surface area contributed by atoms with Crippen molar-refractivity contribution in [1.29, 1.82) is 0 Å². The fraction of sp³-hybridized carbons (Fsp3) is 0.318. The van der Waals surface area contributed by atoms with Gasteiger partial charge in [0, 0.05) is 16.7 Å². The first kappa shape index (κ1) is 23.3. The first-order valence-corrected chi connectivity index (χ1v) is 11.6. The number of nitrogens with zero attached hydrogens (tertiary/aromatic N) is 3. The molecule has 1 aromatic heterocycles. The maximum atomic E-state index is 13.1. The van der Waals surface area contributed by atoms with Gasteiger partial charge >= 0.3 is 0 Å². The van der Waals surface area contributed by atoms with Crippen LogP contribution in [0.5, 0.6) is 5.75 Å². The monoisotopic (exact) mass is 506 g/mol. The molecule has 3 aromatic rings. The van der Waals surface area contributed by atoms with Crippen molar-refractivity contribution in [2.45, 2.75) is 38.6 Å². The molecule has 0 aliphatic carbocycles. The molecule has 1 heterocycles. The maximum absolute atomic E-state index is 13.1. The average molecular weight is 507 g/mol. The Balaban J connectivity index is 1.69. The van der Waals surface area contributed by atoms with Gasteiger partial charge in [-0.1, -0.05) is 47.6 Å². The molecule has 0 bridgehead atoms. The summed E-state index contributed by atoms with van der Waals surface area (Å²) in [4.78, 5) is 12.4. The molecule has 0 spiro atoms. The normalized spacial score (nSPS) is 12.1.